The first-order chi connectivity index (χ1) is 12.6. The van der Waals surface area contributed by atoms with Gasteiger partial charge in [-0.25, -0.2) is 4.98 Å². The molecule has 1 amide bonds. The summed E-state index contributed by atoms with van der Waals surface area (Å²) >= 11 is 7.47. The first-order valence-corrected chi connectivity index (χ1v) is 10.6. The van der Waals surface area contributed by atoms with Crippen molar-refractivity contribution < 1.29 is 4.79 Å². The van der Waals surface area contributed by atoms with Crippen LogP contribution >= 0.6 is 23.4 Å². The molecular weight excluding hydrogens is 370 g/mol. The number of carbonyl (C=O) groups is 1. The van der Waals surface area contributed by atoms with E-state index < -0.39 is 0 Å². The standard InChI is InChI=1S/C19H22ClN3O2S/c20-13-7-8-15-16(11-13)21-19(23(18(15)25)14-5-1-2-6-14)26-12-17(24)22-9-3-4-10-22/h7-8,11,14H,1-6,9-10,12H2. The lowest BCUT2D eigenvalue weighted by Gasteiger charge is -2.19. The highest BCUT2D eigenvalue weighted by Crippen LogP contribution is 2.32. The predicted molar refractivity (Wildman–Crippen MR) is 105 cm³/mol. The molecule has 26 heavy (non-hydrogen) atoms. The third-order valence-corrected chi connectivity index (χ3v) is 6.48. The molecule has 0 atom stereocenters. The Morgan fingerprint density at radius 3 is 2.65 bits per heavy atom. The number of benzene rings is 1. The lowest BCUT2D eigenvalue weighted by molar-refractivity contribution is -0.127. The summed E-state index contributed by atoms with van der Waals surface area (Å²) in [4.78, 5) is 32.2. The van der Waals surface area contributed by atoms with E-state index in [4.69, 9.17) is 16.6 Å². The van der Waals surface area contributed by atoms with Gasteiger partial charge >= 0.3 is 0 Å². The second-order valence-electron chi connectivity index (χ2n) is 7.05. The van der Waals surface area contributed by atoms with E-state index in [-0.39, 0.29) is 17.5 Å². The van der Waals surface area contributed by atoms with Gasteiger partial charge in [0.05, 0.1) is 16.7 Å². The van der Waals surface area contributed by atoms with Crippen LogP contribution in [0.15, 0.2) is 28.2 Å². The number of hydrogen-bond acceptors (Lipinski definition) is 4. The second kappa shape index (κ2) is 7.61. The van der Waals surface area contributed by atoms with Gasteiger partial charge in [0, 0.05) is 24.2 Å². The SMILES string of the molecule is O=C(CSc1nc2cc(Cl)ccc2c(=O)n1C1CCCC1)N1CCCC1. The lowest BCUT2D eigenvalue weighted by Crippen LogP contribution is -2.30. The number of halogens is 1. The summed E-state index contributed by atoms with van der Waals surface area (Å²) in [7, 11) is 0. The molecule has 0 radical (unpaired) electrons. The van der Waals surface area contributed by atoms with Gasteiger partial charge in [0.1, 0.15) is 0 Å². The summed E-state index contributed by atoms with van der Waals surface area (Å²) in [6.07, 6.45) is 6.41. The van der Waals surface area contributed by atoms with E-state index in [1.54, 1.807) is 18.2 Å². The number of hydrogen-bond donors (Lipinski definition) is 0. The Morgan fingerprint density at radius 2 is 1.92 bits per heavy atom. The maximum atomic E-state index is 13.1. The van der Waals surface area contributed by atoms with Crippen LogP contribution in [0.5, 0.6) is 0 Å². The molecule has 7 heteroatoms. The molecule has 4 rings (SSSR count). The smallest absolute Gasteiger partial charge is 0.262 e. The molecule has 2 aromatic rings. The van der Waals surface area contributed by atoms with Crippen LogP contribution in [0.25, 0.3) is 10.9 Å². The van der Waals surface area contributed by atoms with Crippen molar-refractivity contribution in [2.24, 2.45) is 0 Å². The van der Waals surface area contributed by atoms with Gasteiger partial charge < -0.3 is 4.90 Å². The molecule has 1 aliphatic heterocycles. The van der Waals surface area contributed by atoms with Crippen LogP contribution in [0.2, 0.25) is 5.02 Å². The van der Waals surface area contributed by atoms with Crippen LogP contribution in [0.1, 0.15) is 44.6 Å². The molecule has 1 aliphatic carbocycles. The summed E-state index contributed by atoms with van der Waals surface area (Å²) in [5, 5.41) is 1.80. The number of likely N-dealkylation sites (tertiary alicyclic amines) is 1. The van der Waals surface area contributed by atoms with Gasteiger partial charge in [0.2, 0.25) is 5.91 Å². The number of thioether (sulfide) groups is 1. The quantitative estimate of drug-likeness (QED) is 0.586. The van der Waals surface area contributed by atoms with Crippen molar-refractivity contribution in [1.82, 2.24) is 14.5 Å². The Morgan fingerprint density at radius 1 is 1.19 bits per heavy atom. The van der Waals surface area contributed by atoms with Crippen molar-refractivity contribution in [2.75, 3.05) is 18.8 Å². The Kier molecular flexibility index (Phi) is 5.23. The number of rotatable bonds is 4. The van der Waals surface area contributed by atoms with E-state index in [1.165, 1.54) is 11.8 Å². The maximum absolute atomic E-state index is 13.1. The molecular formula is C19H22ClN3O2S. The zero-order valence-electron chi connectivity index (χ0n) is 14.6. The van der Waals surface area contributed by atoms with Gasteiger partial charge in [0.25, 0.3) is 5.56 Å². The van der Waals surface area contributed by atoms with Gasteiger partial charge in [-0.2, -0.15) is 0 Å². The summed E-state index contributed by atoms with van der Waals surface area (Å²) in [5.74, 6) is 0.455. The van der Waals surface area contributed by atoms with Crippen molar-refractivity contribution in [2.45, 2.75) is 49.7 Å². The molecule has 2 heterocycles. The molecule has 0 N–H and O–H groups in total. The van der Waals surface area contributed by atoms with Gasteiger partial charge in [-0.1, -0.05) is 36.2 Å². The van der Waals surface area contributed by atoms with E-state index in [9.17, 15) is 9.59 Å². The molecule has 0 spiro atoms. The third kappa shape index (κ3) is 3.49. The monoisotopic (exact) mass is 391 g/mol. The summed E-state index contributed by atoms with van der Waals surface area (Å²) in [6.45, 7) is 1.69. The highest BCUT2D eigenvalue weighted by Gasteiger charge is 2.24. The summed E-state index contributed by atoms with van der Waals surface area (Å²) in [6, 6.07) is 5.39. The van der Waals surface area contributed by atoms with Crippen molar-refractivity contribution >= 4 is 40.2 Å². The minimum absolute atomic E-state index is 0.0188. The average Bonchev–Trinajstić information content (AvgIpc) is 3.33. The van der Waals surface area contributed by atoms with Crippen molar-refractivity contribution in [3.63, 3.8) is 0 Å². The number of nitrogens with zero attached hydrogens (tertiary/aromatic N) is 3. The highest BCUT2D eigenvalue weighted by atomic mass is 35.5. The molecule has 0 bridgehead atoms. The Labute approximate surface area is 161 Å². The van der Waals surface area contributed by atoms with Crippen LogP contribution in [0, 0.1) is 0 Å². The van der Waals surface area contributed by atoms with Crippen molar-refractivity contribution in [3.8, 4) is 0 Å². The van der Waals surface area contributed by atoms with E-state index in [0.717, 1.165) is 51.6 Å². The van der Waals surface area contributed by atoms with E-state index in [1.807, 2.05) is 9.47 Å². The van der Waals surface area contributed by atoms with E-state index in [2.05, 4.69) is 0 Å². The number of aromatic nitrogens is 2. The molecule has 138 valence electrons. The summed E-state index contributed by atoms with van der Waals surface area (Å²) in [5.41, 5.74) is 0.586. The van der Waals surface area contributed by atoms with Crippen LogP contribution in [-0.2, 0) is 4.79 Å². The third-order valence-electron chi connectivity index (χ3n) is 5.30. The van der Waals surface area contributed by atoms with Gasteiger partial charge in [0.15, 0.2) is 5.16 Å². The molecule has 1 aromatic carbocycles. The first kappa shape index (κ1) is 17.9. The van der Waals surface area contributed by atoms with Crippen LogP contribution in [0.3, 0.4) is 0 Å². The number of carbonyl (C=O) groups excluding carboxylic acids is 1. The Hall–Kier alpha value is -1.53. The number of fused-ring (bicyclic) bond motifs is 1. The molecule has 2 aliphatic rings. The van der Waals surface area contributed by atoms with Crippen LogP contribution < -0.4 is 5.56 Å². The Bertz CT molecular complexity index is 886. The average molecular weight is 392 g/mol. The molecule has 1 aromatic heterocycles. The maximum Gasteiger partial charge on any atom is 0.262 e. The van der Waals surface area contributed by atoms with Gasteiger partial charge in [-0.3, -0.25) is 14.2 Å². The van der Waals surface area contributed by atoms with Gasteiger partial charge in [-0.05, 0) is 43.9 Å². The minimum atomic E-state index is -0.0188. The number of amides is 1. The summed E-state index contributed by atoms with van der Waals surface area (Å²) < 4.78 is 1.82. The fourth-order valence-electron chi connectivity index (χ4n) is 3.92. The van der Waals surface area contributed by atoms with Gasteiger partial charge in [-0.15, -0.1) is 0 Å². The molecule has 0 unspecified atom stereocenters. The molecule has 5 nitrogen and oxygen atoms in total. The fourth-order valence-corrected chi connectivity index (χ4v) is 5.06. The zero-order chi connectivity index (χ0) is 18.1. The van der Waals surface area contributed by atoms with E-state index in [0.29, 0.717) is 26.8 Å². The van der Waals surface area contributed by atoms with Crippen LogP contribution in [0.4, 0.5) is 0 Å². The predicted octanol–water partition coefficient (Wildman–Crippen LogP) is 3.88. The first-order valence-electron chi connectivity index (χ1n) is 9.26. The second-order valence-corrected chi connectivity index (χ2v) is 8.42. The Balaban J connectivity index is 1.69. The zero-order valence-corrected chi connectivity index (χ0v) is 16.2. The highest BCUT2D eigenvalue weighted by molar-refractivity contribution is 7.99. The fraction of sp³-hybridized carbons (Fsp3) is 0.526. The topological polar surface area (TPSA) is 55.2 Å². The molecule has 1 saturated carbocycles. The molecule has 1 saturated heterocycles. The van der Waals surface area contributed by atoms with E-state index >= 15 is 0 Å². The van der Waals surface area contributed by atoms with Crippen molar-refractivity contribution in [3.05, 3.63) is 33.6 Å². The van der Waals surface area contributed by atoms with Crippen molar-refractivity contribution in [1.29, 1.82) is 0 Å². The largest absolute Gasteiger partial charge is 0.342 e. The normalized spacial score (nSPS) is 18.1. The van der Waals surface area contributed by atoms with Crippen LogP contribution in [-0.4, -0.2) is 39.2 Å². The lowest BCUT2D eigenvalue weighted by atomic mass is 10.2. The minimum Gasteiger partial charge on any atom is -0.342 e. The molecule has 2 fully saturated rings.